The predicted molar refractivity (Wildman–Crippen MR) is 81.7 cm³/mol. The van der Waals surface area contributed by atoms with Gasteiger partial charge in [0.15, 0.2) is 0 Å². The van der Waals surface area contributed by atoms with Gasteiger partial charge in [-0.3, -0.25) is 0 Å². The molecule has 0 aromatic carbocycles. The monoisotopic (exact) mass is 278 g/mol. The highest BCUT2D eigenvalue weighted by Crippen LogP contribution is 2.53. The second-order valence-electron chi connectivity index (χ2n) is 6.70. The molecule has 0 radical (unpaired) electrons. The zero-order valence-electron chi connectivity index (χ0n) is 12.5. The summed E-state index contributed by atoms with van der Waals surface area (Å²) in [6.45, 7) is 4.33. The zero-order chi connectivity index (χ0) is 13.5. The molecule has 2 fully saturated rings. The Balaban J connectivity index is 1.82. The summed E-state index contributed by atoms with van der Waals surface area (Å²) in [5.41, 5.74) is 2.08. The van der Waals surface area contributed by atoms with Gasteiger partial charge in [-0.25, -0.2) is 4.98 Å². The van der Waals surface area contributed by atoms with E-state index in [1.54, 1.807) is 0 Å². The molecule has 2 nitrogen and oxygen atoms in total. The third-order valence-electron chi connectivity index (χ3n) is 5.74. The Morgan fingerprint density at radius 3 is 2.11 bits per heavy atom. The minimum absolute atomic E-state index is 0.164. The number of rotatable bonds is 2. The van der Waals surface area contributed by atoms with Crippen LogP contribution in [0.5, 0.6) is 0 Å². The van der Waals surface area contributed by atoms with E-state index in [0.717, 1.165) is 0 Å². The number of hydrogen-bond acceptors (Lipinski definition) is 3. The lowest BCUT2D eigenvalue weighted by Crippen LogP contribution is -2.45. The fraction of sp³-hybridized carbons (Fsp3) is 0.812. The van der Waals surface area contributed by atoms with Gasteiger partial charge in [0.25, 0.3) is 0 Å². The Morgan fingerprint density at radius 1 is 1.00 bits per heavy atom. The highest BCUT2D eigenvalue weighted by Gasteiger charge is 2.45. The molecule has 106 valence electrons. The van der Waals surface area contributed by atoms with Crippen molar-refractivity contribution in [2.45, 2.75) is 70.8 Å². The summed E-state index contributed by atoms with van der Waals surface area (Å²) >= 11 is 1.90. The van der Waals surface area contributed by atoms with Crippen LogP contribution in [0.4, 0.5) is 0 Å². The first-order valence-corrected chi connectivity index (χ1v) is 8.54. The summed E-state index contributed by atoms with van der Waals surface area (Å²) in [4.78, 5) is 6.23. The Hall–Kier alpha value is -0.410. The number of nitrogens with one attached hydrogen (secondary N) is 1. The molecule has 1 spiro atoms. The molecule has 1 heterocycles. The molecule has 1 aromatic heterocycles. The van der Waals surface area contributed by atoms with Crippen molar-refractivity contribution in [2.24, 2.45) is 5.41 Å². The fourth-order valence-corrected chi connectivity index (χ4v) is 5.25. The maximum absolute atomic E-state index is 4.85. The molecule has 1 aromatic rings. The van der Waals surface area contributed by atoms with Crippen molar-refractivity contribution in [1.29, 1.82) is 0 Å². The fourth-order valence-electron chi connectivity index (χ4n) is 4.08. The van der Waals surface area contributed by atoms with Gasteiger partial charge in [-0.05, 0) is 64.8 Å². The van der Waals surface area contributed by atoms with E-state index >= 15 is 0 Å². The van der Waals surface area contributed by atoms with Crippen LogP contribution in [0.3, 0.4) is 0 Å². The van der Waals surface area contributed by atoms with Crippen LogP contribution in [0, 0.1) is 19.3 Å². The van der Waals surface area contributed by atoms with Gasteiger partial charge in [0.1, 0.15) is 5.01 Å². The van der Waals surface area contributed by atoms with Crippen LogP contribution in [-0.2, 0) is 5.54 Å². The van der Waals surface area contributed by atoms with Crippen molar-refractivity contribution in [2.75, 3.05) is 7.05 Å². The van der Waals surface area contributed by atoms with Crippen LogP contribution in [0.15, 0.2) is 0 Å². The van der Waals surface area contributed by atoms with Gasteiger partial charge in [-0.2, -0.15) is 0 Å². The average Bonchev–Trinajstić information content (AvgIpc) is 3.00. The smallest absolute Gasteiger partial charge is 0.113 e. The molecule has 0 saturated heterocycles. The van der Waals surface area contributed by atoms with Gasteiger partial charge >= 0.3 is 0 Å². The lowest BCUT2D eigenvalue weighted by atomic mass is 9.66. The van der Waals surface area contributed by atoms with Crippen LogP contribution in [0.25, 0.3) is 0 Å². The van der Waals surface area contributed by atoms with Crippen LogP contribution in [-0.4, -0.2) is 12.0 Å². The van der Waals surface area contributed by atoms with Gasteiger partial charge in [-0.15, -0.1) is 11.3 Å². The molecule has 0 amide bonds. The van der Waals surface area contributed by atoms with E-state index in [9.17, 15) is 0 Å². The first-order chi connectivity index (χ1) is 9.09. The molecule has 2 aliphatic carbocycles. The second-order valence-corrected chi connectivity index (χ2v) is 7.90. The number of aromatic nitrogens is 1. The summed E-state index contributed by atoms with van der Waals surface area (Å²) in [7, 11) is 2.12. The highest BCUT2D eigenvalue weighted by atomic mass is 32.1. The average molecular weight is 278 g/mol. The van der Waals surface area contributed by atoms with Crippen LogP contribution >= 0.6 is 11.3 Å². The van der Waals surface area contributed by atoms with Crippen molar-refractivity contribution in [3.05, 3.63) is 15.6 Å². The van der Waals surface area contributed by atoms with Gasteiger partial charge in [0, 0.05) is 4.88 Å². The summed E-state index contributed by atoms with van der Waals surface area (Å²) in [6, 6.07) is 0. The zero-order valence-corrected chi connectivity index (χ0v) is 13.3. The lowest BCUT2D eigenvalue weighted by Gasteiger charge is -2.44. The minimum atomic E-state index is 0.164. The Bertz CT molecular complexity index is 428. The first-order valence-electron chi connectivity index (χ1n) is 7.73. The number of thiazole rings is 1. The maximum atomic E-state index is 4.85. The minimum Gasteiger partial charge on any atom is -0.308 e. The maximum Gasteiger partial charge on any atom is 0.113 e. The standard InChI is InChI=1S/C16H26N2S/c1-12-13(2)19-14(18-12)16(17-3)10-8-15(9-11-16)6-4-5-7-15/h17H,4-11H2,1-3H3. The van der Waals surface area contributed by atoms with Gasteiger partial charge in [-0.1, -0.05) is 12.8 Å². The Morgan fingerprint density at radius 2 is 1.63 bits per heavy atom. The predicted octanol–water partition coefficient (Wildman–Crippen LogP) is 4.31. The van der Waals surface area contributed by atoms with Crippen molar-refractivity contribution in [1.82, 2.24) is 10.3 Å². The van der Waals surface area contributed by atoms with Crippen molar-refractivity contribution < 1.29 is 0 Å². The Kier molecular flexibility index (Phi) is 3.46. The Labute approximate surface area is 121 Å². The largest absolute Gasteiger partial charge is 0.308 e. The summed E-state index contributed by atoms with van der Waals surface area (Å²) in [6.07, 6.45) is 11.2. The molecular formula is C16H26N2S. The van der Waals surface area contributed by atoms with Crippen LogP contribution in [0.2, 0.25) is 0 Å². The molecule has 0 atom stereocenters. The van der Waals surface area contributed by atoms with E-state index in [-0.39, 0.29) is 5.54 Å². The highest BCUT2D eigenvalue weighted by molar-refractivity contribution is 7.11. The van der Waals surface area contributed by atoms with E-state index in [0.29, 0.717) is 5.41 Å². The third-order valence-corrected chi connectivity index (χ3v) is 7.02. The molecule has 0 unspecified atom stereocenters. The molecule has 1 N–H and O–H groups in total. The van der Waals surface area contributed by atoms with E-state index in [1.807, 2.05) is 11.3 Å². The molecule has 3 rings (SSSR count). The lowest BCUT2D eigenvalue weighted by molar-refractivity contribution is 0.114. The molecule has 2 aliphatic rings. The number of hydrogen-bond donors (Lipinski definition) is 1. The van der Waals surface area contributed by atoms with Crippen LogP contribution in [0.1, 0.15) is 66.9 Å². The number of aryl methyl sites for hydroxylation is 2. The first kappa shape index (κ1) is 13.6. The van der Waals surface area contributed by atoms with Crippen LogP contribution < -0.4 is 5.32 Å². The molecule has 0 bridgehead atoms. The van der Waals surface area contributed by atoms with Crippen molar-refractivity contribution in [3.63, 3.8) is 0 Å². The molecular weight excluding hydrogens is 252 g/mol. The van der Waals surface area contributed by atoms with E-state index < -0.39 is 0 Å². The summed E-state index contributed by atoms with van der Waals surface area (Å²) < 4.78 is 0. The van der Waals surface area contributed by atoms with E-state index in [4.69, 9.17) is 4.98 Å². The van der Waals surface area contributed by atoms with Crippen molar-refractivity contribution >= 4 is 11.3 Å². The summed E-state index contributed by atoms with van der Waals surface area (Å²) in [5.74, 6) is 0. The van der Waals surface area contributed by atoms with Gasteiger partial charge in [0.05, 0.1) is 11.2 Å². The second kappa shape index (κ2) is 4.85. The normalized spacial score (nSPS) is 25.0. The quantitative estimate of drug-likeness (QED) is 0.872. The molecule has 0 aliphatic heterocycles. The SMILES string of the molecule is CNC1(c2nc(C)c(C)s2)CCC2(CCCC2)CC1. The number of nitrogens with zero attached hydrogens (tertiary/aromatic N) is 1. The summed E-state index contributed by atoms with van der Waals surface area (Å²) in [5, 5.41) is 4.96. The van der Waals surface area contributed by atoms with Gasteiger partial charge < -0.3 is 5.32 Å². The molecule has 3 heteroatoms. The molecule has 2 saturated carbocycles. The van der Waals surface area contributed by atoms with Crippen molar-refractivity contribution in [3.8, 4) is 0 Å². The van der Waals surface area contributed by atoms with Gasteiger partial charge in [0.2, 0.25) is 0 Å². The molecule has 19 heavy (non-hydrogen) atoms. The third kappa shape index (κ3) is 2.25. The topological polar surface area (TPSA) is 24.9 Å². The van der Waals surface area contributed by atoms with E-state index in [2.05, 4.69) is 26.2 Å². The van der Waals surface area contributed by atoms with E-state index in [1.165, 1.54) is 66.9 Å².